The Hall–Kier alpha value is -1.34. The van der Waals surface area contributed by atoms with Crippen molar-refractivity contribution in [3.8, 4) is 11.6 Å². The zero-order valence-electron chi connectivity index (χ0n) is 13.4. The second-order valence-electron chi connectivity index (χ2n) is 5.63. The number of aromatic nitrogens is 1. The van der Waals surface area contributed by atoms with E-state index in [0.29, 0.717) is 23.8 Å². The van der Waals surface area contributed by atoms with Gasteiger partial charge in [-0.2, -0.15) is 0 Å². The van der Waals surface area contributed by atoms with Gasteiger partial charge in [0.15, 0.2) is 0 Å². The minimum Gasteiger partial charge on any atom is -0.438 e. The number of ether oxygens (including phenoxy) is 1. The highest BCUT2D eigenvalue weighted by atomic mass is 79.9. The molecule has 136 valence electrons. The van der Waals surface area contributed by atoms with E-state index in [0.717, 1.165) is 17.3 Å². The van der Waals surface area contributed by atoms with Crippen molar-refractivity contribution in [2.75, 3.05) is 6.54 Å². The Morgan fingerprint density at radius 3 is 2.76 bits per heavy atom. The number of carbonyl (C=O) groups is 1. The van der Waals surface area contributed by atoms with Gasteiger partial charge in [0.25, 0.3) is 5.91 Å². The number of nitrogens with one attached hydrogen (secondary N) is 1. The summed E-state index contributed by atoms with van der Waals surface area (Å²) in [5.74, 6) is 1.21. The molecule has 1 aliphatic carbocycles. The number of carbonyl (C=O) groups excluding carboxylic acids is 1. The van der Waals surface area contributed by atoms with E-state index in [4.69, 9.17) is 10.5 Å². The SMILES string of the molecule is Cl.Cl.NC(CNC(=O)c1cccnc1Oc1cccc(Br)c1)C1CC1. The van der Waals surface area contributed by atoms with Crippen LogP contribution < -0.4 is 15.8 Å². The third-order valence-corrected chi connectivity index (χ3v) is 4.25. The van der Waals surface area contributed by atoms with Crippen LogP contribution >= 0.6 is 40.7 Å². The molecule has 3 rings (SSSR count). The third kappa shape index (κ3) is 6.15. The first-order valence-electron chi connectivity index (χ1n) is 7.55. The summed E-state index contributed by atoms with van der Waals surface area (Å²) in [6.07, 6.45) is 3.91. The first-order chi connectivity index (χ1) is 11.1. The van der Waals surface area contributed by atoms with Gasteiger partial charge in [0.2, 0.25) is 5.88 Å². The summed E-state index contributed by atoms with van der Waals surface area (Å²) in [4.78, 5) is 16.5. The second-order valence-corrected chi connectivity index (χ2v) is 6.54. The predicted molar refractivity (Wildman–Crippen MR) is 106 cm³/mol. The fourth-order valence-electron chi connectivity index (χ4n) is 2.28. The predicted octanol–water partition coefficient (Wildman–Crippen LogP) is 3.95. The molecule has 3 N–H and O–H groups in total. The average Bonchev–Trinajstić information content (AvgIpc) is 3.38. The van der Waals surface area contributed by atoms with Crippen molar-refractivity contribution in [1.82, 2.24) is 10.3 Å². The first kappa shape index (κ1) is 21.7. The zero-order valence-corrected chi connectivity index (χ0v) is 16.6. The topological polar surface area (TPSA) is 77.2 Å². The molecule has 0 bridgehead atoms. The molecule has 2 aromatic rings. The van der Waals surface area contributed by atoms with Crippen molar-refractivity contribution < 1.29 is 9.53 Å². The number of nitrogens with zero attached hydrogens (tertiary/aromatic N) is 1. The Kier molecular flexibility index (Phi) is 8.65. The molecule has 1 aliphatic rings. The summed E-state index contributed by atoms with van der Waals surface area (Å²) in [7, 11) is 0. The van der Waals surface area contributed by atoms with E-state index < -0.39 is 0 Å². The average molecular weight is 449 g/mol. The maximum Gasteiger partial charge on any atom is 0.256 e. The van der Waals surface area contributed by atoms with Crippen molar-refractivity contribution in [1.29, 1.82) is 0 Å². The highest BCUT2D eigenvalue weighted by molar-refractivity contribution is 9.10. The van der Waals surface area contributed by atoms with Gasteiger partial charge >= 0.3 is 0 Å². The first-order valence-corrected chi connectivity index (χ1v) is 8.35. The summed E-state index contributed by atoms with van der Waals surface area (Å²) < 4.78 is 6.64. The Morgan fingerprint density at radius 1 is 1.32 bits per heavy atom. The smallest absolute Gasteiger partial charge is 0.256 e. The molecule has 0 aliphatic heterocycles. The third-order valence-electron chi connectivity index (χ3n) is 3.75. The number of amides is 1. The molecule has 1 unspecified atom stereocenters. The maximum absolute atomic E-state index is 12.4. The lowest BCUT2D eigenvalue weighted by Crippen LogP contribution is -2.38. The van der Waals surface area contributed by atoms with E-state index in [2.05, 4.69) is 26.2 Å². The summed E-state index contributed by atoms with van der Waals surface area (Å²) in [5.41, 5.74) is 6.42. The quantitative estimate of drug-likeness (QED) is 0.701. The van der Waals surface area contributed by atoms with Crippen molar-refractivity contribution >= 4 is 46.7 Å². The Bertz CT molecular complexity index is 714. The van der Waals surface area contributed by atoms with Crippen LogP contribution in [0.2, 0.25) is 0 Å². The maximum atomic E-state index is 12.4. The molecule has 1 heterocycles. The molecule has 1 atom stereocenters. The monoisotopic (exact) mass is 447 g/mol. The second kappa shape index (κ2) is 9.97. The summed E-state index contributed by atoms with van der Waals surface area (Å²) in [6, 6.07) is 10.8. The normalized spacial score (nSPS) is 13.8. The summed E-state index contributed by atoms with van der Waals surface area (Å²) in [5, 5.41) is 2.86. The van der Waals surface area contributed by atoms with Gasteiger partial charge in [-0.3, -0.25) is 4.79 Å². The highest BCUT2D eigenvalue weighted by Crippen LogP contribution is 2.31. The summed E-state index contributed by atoms with van der Waals surface area (Å²) in [6.45, 7) is 0.467. The molecule has 1 saturated carbocycles. The van der Waals surface area contributed by atoms with Gasteiger partial charge < -0.3 is 15.8 Å². The standard InChI is InChI=1S/C17H18BrN3O2.2ClH/c18-12-3-1-4-13(9-12)23-17-14(5-2-8-20-17)16(22)21-10-15(19)11-6-7-11;;/h1-5,8-9,11,15H,6-7,10,19H2,(H,21,22);2*1H. The van der Waals surface area contributed by atoms with Crippen molar-refractivity contribution in [3.05, 3.63) is 52.6 Å². The number of hydrogen-bond acceptors (Lipinski definition) is 4. The van der Waals surface area contributed by atoms with E-state index in [9.17, 15) is 4.79 Å². The van der Waals surface area contributed by atoms with Gasteiger partial charge in [0.05, 0.1) is 0 Å². The zero-order chi connectivity index (χ0) is 16.2. The molecule has 25 heavy (non-hydrogen) atoms. The van der Waals surface area contributed by atoms with Gasteiger partial charge in [-0.1, -0.05) is 22.0 Å². The van der Waals surface area contributed by atoms with Crippen molar-refractivity contribution in [2.45, 2.75) is 18.9 Å². The Labute approximate surface area is 167 Å². The molecule has 1 aromatic heterocycles. The van der Waals surface area contributed by atoms with Crippen LogP contribution in [0.25, 0.3) is 0 Å². The van der Waals surface area contributed by atoms with Crippen LogP contribution in [0.5, 0.6) is 11.6 Å². The number of halogens is 3. The van der Waals surface area contributed by atoms with Crippen LogP contribution in [0.4, 0.5) is 0 Å². The van der Waals surface area contributed by atoms with Crippen LogP contribution in [-0.2, 0) is 0 Å². The fourth-order valence-corrected chi connectivity index (χ4v) is 2.66. The molecule has 1 amide bonds. The Morgan fingerprint density at radius 2 is 2.08 bits per heavy atom. The van der Waals surface area contributed by atoms with E-state index >= 15 is 0 Å². The number of nitrogens with two attached hydrogens (primary N) is 1. The van der Waals surface area contributed by atoms with Crippen LogP contribution in [0.15, 0.2) is 47.1 Å². The molecule has 0 radical (unpaired) electrons. The number of pyridine rings is 1. The Balaban J connectivity index is 0.00000156. The molecule has 0 spiro atoms. The molecule has 8 heteroatoms. The van der Waals surface area contributed by atoms with Gasteiger partial charge in [-0.15, -0.1) is 24.8 Å². The largest absolute Gasteiger partial charge is 0.438 e. The molecule has 5 nitrogen and oxygen atoms in total. The fraction of sp³-hybridized carbons (Fsp3) is 0.294. The number of hydrogen-bond donors (Lipinski definition) is 2. The molecular formula is C17H20BrCl2N3O2. The van der Waals surface area contributed by atoms with Crippen LogP contribution in [0.3, 0.4) is 0 Å². The van der Waals surface area contributed by atoms with E-state index in [1.54, 1.807) is 18.3 Å². The van der Waals surface area contributed by atoms with Crippen LogP contribution in [-0.4, -0.2) is 23.5 Å². The van der Waals surface area contributed by atoms with E-state index in [1.807, 2.05) is 24.3 Å². The van der Waals surface area contributed by atoms with Gasteiger partial charge in [0, 0.05) is 23.3 Å². The molecular weight excluding hydrogens is 429 g/mol. The lowest BCUT2D eigenvalue weighted by molar-refractivity contribution is 0.0947. The van der Waals surface area contributed by atoms with Crippen LogP contribution in [0.1, 0.15) is 23.2 Å². The van der Waals surface area contributed by atoms with Crippen molar-refractivity contribution in [2.24, 2.45) is 11.7 Å². The minimum atomic E-state index is -0.223. The lowest BCUT2D eigenvalue weighted by Gasteiger charge is -2.13. The minimum absolute atomic E-state index is 0. The van der Waals surface area contributed by atoms with Gasteiger partial charge in [-0.05, 0) is 49.1 Å². The van der Waals surface area contributed by atoms with Gasteiger partial charge in [0.1, 0.15) is 11.3 Å². The van der Waals surface area contributed by atoms with Gasteiger partial charge in [-0.25, -0.2) is 4.98 Å². The summed E-state index contributed by atoms with van der Waals surface area (Å²) >= 11 is 3.39. The molecule has 0 saturated heterocycles. The number of rotatable bonds is 6. The molecule has 1 fully saturated rings. The highest BCUT2D eigenvalue weighted by Gasteiger charge is 2.28. The van der Waals surface area contributed by atoms with E-state index in [1.165, 1.54) is 0 Å². The van der Waals surface area contributed by atoms with E-state index in [-0.39, 0.29) is 42.6 Å². The number of benzene rings is 1. The van der Waals surface area contributed by atoms with Crippen molar-refractivity contribution in [3.63, 3.8) is 0 Å². The lowest BCUT2D eigenvalue weighted by atomic mass is 10.2. The van der Waals surface area contributed by atoms with Crippen LogP contribution in [0, 0.1) is 5.92 Å². The molecule has 1 aromatic carbocycles.